The summed E-state index contributed by atoms with van der Waals surface area (Å²) in [6.07, 6.45) is 4.10. The van der Waals surface area contributed by atoms with E-state index >= 15 is 0 Å². The highest BCUT2D eigenvalue weighted by molar-refractivity contribution is 6.29. The molecule has 0 aromatic carbocycles. The van der Waals surface area contributed by atoms with Gasteiger partial charge in [0, 0.05) is 5.54 Å². The Hall–Kier alpha value is -0.800. The van der Waals surface area contributed by atoms with Gasteiger partial charge in [0.15, 0.2) is 0 Å². The van der Waals surface area contributed by atoms with Crippen LogP contribution in [0.2, 0.25) is 5.15 Å². The molecule has 106 valence electrons. The molecule has 3 nitrogen and oxygen atoms in total. The van der Waals surface area contributed by atoms with Crippen LogP contribution in [0.15, 0.2) is 18.3 Å². The van der Waals surface area contributed by atoms with Crippen LogP contribution in [0.5, 0.6) is 5.75 Å². The minimum atomic E-state index is 0.284. The maximum absolute atomic E-state index is 5.78. The van der Waals surface area contributed by atoms with Gasteiger partial charge in [-0.1, -0.05) is 11.6 Å². The van der Waals surface area contributed by atoms with Gasteiger partial charge in [-0.3, -0.25) is 4.90 Å². The first-order valence-electron chi connectivity index (χ1n) is 6.94. The Bertz CT molecular complexity index is 392. The summed E-state index contributed by atoms with van der Waals surface area (Å²) in [6.45, 7) is 9.95. The molecule has 4 heteroatoms. The molecule has 1 aromatic heterocycles. The molecule has 2 rings (SSSR count). The molecule has 0 saturated carbocycles. The highest BCUT2D eigenvalue weighted by atomic mass is 35.5. The lowest BCUT2D eigenvalue weighted by Gasteiger charge is -2.40. The third kappa shape index (κ3) is 4.36. The molecule has 0 radical (unpaired) electrons. The molecular formula is C15H23ClN2O. The van der Waals surface area contributed by atoms with E-state index in [-0.39, 0.29) is 5.54 Å². The topological polar surface area (TPSA) is 25.4 Å². The van der Waals surface area contributed by atoms with E-state index < -0.39 is 0 Å². The van der Waals surface area contributed by atoms with Gasteiger partial charge in [-0.05, 0) is 64.8 Å². The summed E-state index contributed by atoms with van der Waals surface area (Å²) in [7, 11) is 0. The predicted molar refractivity (Wildman–Crippen MR) is 78.8 cm³/mol. The third-order valence-electron chi connectivity index (χ3n) is 3.75. The largest absolute Gasteiger partial charge is 0.492 e. The van der Waals surface area contributed by atoms with Crippen LogP contribution < -0.4 is 4.74 Å². The lowest BCUT2D eigenvalue weighted by atomic mass is 9.94. The smallest absolute Gasteiger partial charge is 0.137 e. The molecule has 0 amide bonds. The van der Waals surface area contributed by atoms with E-state index in [0.29, 0.717) is 11.1 Å². The maximum Gasteiger partial charge on any atom is 0.137 e. The van der Waals surface area contributed by atoms with Crippen LogP contribution in [0.4, 0.5) is 0 Å². The van der Waals surface area contributed by atoms with Crippen molar-refractivity contribution in [2.45, 2.75) is 39.2 Å². The quantitative estimate of drug-likeness (QED) is 0.792. The summed E-state index contributed by atoms with van der Waals surface area (Å²) >= 11 is 5.75. The van der Waals surface area contributed by atoms with E-state index in [2.05, 4.69) is 30.7 Å². The van der Waals surface area contributed by atoms with Crippen LogP contribution in [0.1, 0.15) is 33.6 Å². The van der Waals surface area contributed by atoms with Crippen molar-refractivity contribution in [2.24, 2.45) is 5.92 Å². The van der Waals surface area contributed by atoms with Crippen LogP contribution in [0, 0.1) is 5.92 Å². The predicted octanol–water partition coefficient (Wildman–Crippen LogP) is 3.62. The summed E-state index contributed by atoms with van der Waals surface area (Å²) in [6, 6.07) is 3.64. The molecule has 0 bridgehead atoms. The van der Waals surface area contributed by atoms with Crippen LogP contribution in [-0.4, -0.2) is 35.1 Å². The van der Waals surface area contributed by atoms with Crippen LogP contribution in [0.25, 0.3) is 0 Å². The van der Waals surface area contributed by atoms with Crippen LogP contribution in [0.3, 0.4) is 0 Å². The van der Waals surface area contributed by atoms with Gasteiger partial charge in [-0.25, -0.2) is 4.98 Å². The molecule has 1 aliphatic rings. The Balaban J connectivity index is 1.75. The lowest BCUT2D eigenvalue weighted by Crippen LogP contribution is -2.46. The summed E-state index contributed by atoms with van der Waals surface area (Å²) in [5, 5.41) is 0.505. The molecule has 1 fully saturated rings. The minimum absolute atomic E-state index is 0.284. The fourth-order valence-electron chi connectivity index (χ4n) is 2.43. The molecule has 1 aromatic rings. The Labute approximate surface area is 120 Å². The van der Waals surface area contributed by atoms with Crippen molar-refractivity contribution in [3.8, 4) is 5.75 Å². The second-order valence-corrected chi connectivity index (χ2v) is 6.62. The fourth-order valence-corrected chi connectivity index (χ4v) is 2.54. The number of ether oxygens (including phenoxy) is 1. The Morgan fingerprint density at radius 1 is 1.32 bits per heavy atom. The number of likely N-dealkylation sites (tertiary alicyclic amines) is 1. The number of nitrogens with zero attached hydrogens (tertiary/aromatic N) is 2. The van der Waals surface area contributed by atoms with E-state index in [1.807, 2.05) is 6.07 Å². The van der Waals surface area contributed by atoms with Gasteiger partial charge in [0.1, 0.15) is 10.9 Å². The Kier molecular flexibility index (Phi) is 4.69. The van der Waals surface area contributed by atoms with Gasteiger partial charge in [0.25, 0.3) is 0 Å². The van der Waals surface area contributed by atoms with Gasteiger partial charge < -0.3 is 4.74 Å². The minimum Gasteiger partial charge on any atom is -0.492 e. The van der Waals surface area contributed by atoms with Crippen molar-refractivity contribution in [3.05, 3.63) is 23.5 Å². The summed E-state index contributed by atoms with van der Waals surface area (Å²) in [5.74, 6) is 1.46. The van der Waals surface area contributed by atoms with E-state index in [0.717, 1.165) is 25.4 Å². The second-order valence-electron chi connectivity index (χ2n) is 6.23. The Morgan fingerprint density at radius 2 is 2.00 bits per heavy atom. The van der Waals surface area contributed by atoms with Crippen molar-refractivity contribution in [1.82, 2.24) is 9.88 Å². The van der Waals surface area contributed by atoms with Gasteiger partial charge in [-0.15, -0.1) is 0 Å². The molecule has 0 unspecified atom stereocenters. The van der Waals surface area contributed by atoms with Gasteiger partial charge in [0.2, 0.25) is 0 Å². The molecule has 0 aliphatic carbocycles. The standard InChI is InChI=1S/C15H23ClN2O/c1-15(2,3)18-8-6-12(7-9-18)11-19-13-4-5-14(16)17-10-13/h4-5,10,12H,6-9,11H2,1-3H3. The molecule has 1 aliphatic heterocycles. The monoisotopic (exact) mass is 282 g/mol. The molecular weight excluding hydrogens is 260 g/mol. The molecule has 0 spiro atoms. The van der Waals surface area contributed by atoms with E-state index in [9.17, 15) is 0 Å². The zero-order valence-electron chi connectivity index (χ0n) is 12.0. The summed E-state index contributed by atoms with van der Waals surface area (Å²) in [4.78, 5) is 6.57. The number of pyridine rings is 1. The highest BCUT2D eigenvalue weighted by Crippen LogP contribution is 2.24. The average Bonchev–Trinajstić information content (AvgIpc) is 2.37. The van der Waals surface area contributed by atoms with E-state index in [4.69, 9.17) is 16.3 Å². The van der Waals surface area contributed by atoms with E-state index in [1.165, 1.54) is 12.8 Å². The third-order valence-corrected chi connectivity index (χ3v) is 3.97. The van der Waals surface area contributed by atoms with Gasteiger partial charge >= 0.3 is 0 Å². The maximum atomic E-state index is 5.78. The number of hydrogen-bond donors (Lipinski definition) is 0. The molecule has 1 saturated heterocycles. The number of piperidine rings is 1. The highest BCUT2D eigenvalue weighted by Gasteiger charge is 2.27. The first-order valence-corrected chi connectivity index (χ1v) is 7.32. The first-order chi connectivity index (χ1) is 8.95. The van der Waals surface area contributed by atoms with Crippen LogP contribution >= 0.6 is 11.6 Å². The molecule has 19 heavy (non-hydrogen) atoms. The SMILES string of the molecule is CC(C)(C)N1CCC(COc2ccc(Cl)nc2)CC1. The first kappa shape index (κ1) is 14.6. The van der Waals surface area contributed by atoms with Gasteiger partial charge in [0.05, 0.1) is 12.8 Å². The lowest BCUT2D eigenvalue weighted by molar-refractivity contribution is 0.0720. The van der Waals surface area contributed by atoms with Crippen molar-refractivity contribution in [3.63, 3.8) is 0 Å². The zero-order chi connectivity index (χ0) is 13.9. The number of rotatable bonds is 3. The summed E-state index contributed by atoms with van der Waals surface area (Å²) in [5.41, 5.74) is 0.284. The van der Waals surface area contributed by atoms with E-state index in [1.54, 1.807) is 12.3 Å². The number of hydrogen-bond acceptors (Lipinski definition) is 3. The fraction of sp³-hybridized carbons (Fsp3) is 0.667. The van der Waals surface area contributed by atoms with Crippen LogP contribution in [-0.2, 0) is 0 Å². The Morgan fingerprint density at radius 3 is 2.53 bits per heavy atom. The second kappa shape index (κ2) is 6.10. The normalized spacial score (nSPS) is 18.5. The zero-order valence-corrected chi connectivity index (χ0v) is 12.8. The van der Waals surface area contributed by atoms with Crippen molar-refractivity contribution in [1.29, 1.82) is 0 Å². The number of aromatic nitrogens is 1. The number of halogens is 1. The molecule has 2 heterocycles. The van der Waals surface area contributed by atoms with Crippen molar-refractivity contribution < 1.29 is 4.74 Å². The van der Waals surface area contributed by atoms with Crippen molar-refractivity contribution >= 4 is 11.6 Å². The molecule has 0 N–H and O–H groups in total. The van der Waals surface area contributed by atoms with Gasteiger partial charge in [-0.2, -0.15) is 0 Å². The average molecular weight is 283 g/mol. The molecule has 0 atom stereocenters. The summed E-state index contributed by atoms with van der Waals surface area (Å²) < 4.78 is 5.78. The van der Waals surface area contributed by atoms with Crippen molar-refractivity contribution in [2.75, 3.05) is 19.7 Å².